The van der Waals surface area contributed by atoms with Gasteiger partial charge >= 0.3 is 12.3 Å². The molecule has 0 saturated carbocycles. The third-order valence-corrected chi connectivity index (χ3v) is 8.47. The van der Waals surface area contributed by atoms with Crippen molar-refractivity contribution < 1.29 is 40.6 Å². The number of alkyl halides is 3. The first-order valence-electron chi connectivity index (χ1n) is 10.7. The van der Waals surface area contributed by atoms with Crippen LogP contribution in [-0.4, -0.2) is 41.7 Å². The van der Waals surface area contributed by atoms with Gasteiger partial charge in [-0.2, -0.15) is 17.5 Å². The van der Waals surface area contributed by atoms with Crippen LogP contribution in [0.5, 0.6) is 0 Å². The molecule has 4 rings (SSSR count). The quantitative estimate of drug-likeness (QED) is 0.296. The second-order valence-corrected chi connectivity index (χ2v) is 10.9. The number of sulfonamides is 1. The van der Waals surface area contributed by atoms with Crippen molar-refractivity contribution >= 4 is 27.9 Å². The van der Waals surface area contributed by atoms with E-state index in [4.69, 9.17) is 14.3 Å². The normalized spacial score (nSPS) is 16.8. The number of nitrogens with zero attached hydrogens (tertiary/aromatic N) is 2. The summed E-state index contributed by atoms with van der Waals surface area (Å²) in [5, 5.41) is 8.84. The average molecular weight is 543 g/mol. The van der Waals surface area contributed by atoms with Crippen molar-refractivity contribution in [1.82, 2.24) is 9.29 Å². The van der Waals surface area contributed by atoms with Gasteiger partial charge in [-0.05, 0) is 61.9 Å². The summed E-state index contributed by atoms with van der Waals surface area (Å²) in [5.74, 6) is 1.13. The number of hydrogen-bond donors (Lipinski definition) is 1. The van der Waals surface area contributed by atoms with E-state index < -0.39 is 34.1 Å². The van der Waals surface area contributed by atoms with Crippen LogP contribution in [-0.2, 0) is 26.7 Å². The fourth-order valence-electron chi connectivity index (χ4n) is 3.70. The van der Waals surface area contributed by atoms with Crippen LogP contribution in [0.3, 0.4) is 0 Å². The number of carboxylic acid groups (broad SMARTS) is 1. The van der Waals surface area contributed by atoms with Crippen molar-refractivity contribution in [3.63, 3.8) is 0 Å². The van der Waals surface area contributed by atoms with Gasteiger partial charge in [0.2, 0.25) is 15.9 Å². The maximum atomic E-state index is 12.9. The van der Waals surface area contributed by atoms with E-state index in [1.807, 2.05) is 0 Å². The van der Waals surface area contributed by atoms with E-state index in [1.165, 1.54) is 36.0 Å². The van der Waals surface area contributed by atoms with Crippen LogP contribution >= 0.6 is 11.8 Å². The summed E-state index contributed by atoms with van der Waals surface area (Å²) in [4.78, 5) is 16.0. The second-order valence-electron chi connectivity index (χ2n) is 7.95. The molecule has 36 heavy (non-hydrogen) atoms. The highest BCUT2D eigenvalue weighted by Crippen LogP contribution is 2.33. The molecular formula is C23H21F3N2O6S2. The van der Waals surface area contributed by atoms with Gasteiger partial charge in [0.05, 0.1) is 16.2 Å². The molecule has 13 heteroatoms. The Balaban J connectivity index is 1.42. The van der Waals surface area contributed by atoms with Gasteiger partial charge < -0.3 is 14.3 Å². The molecule has 0 amide bonds. The Morgan fingerprint density at radius 3 is 2.47 bits per heavy atom. The summed E-state index contributed by atoms with van der Waals surface area (Å²) in [5.41, 5.74) is 0.270. The van der Waals surface area contributed by atoms with Crippen molar-refractivity contribution in [1.29, 1.82) is 0 Å². The lowest BCUT2D eigenvalue weighted by Gasteiger charge is -2.22. The molecule has 0 radical (unpaired) electrons. The topological polar surface area (TPSA) is 110 Å². The fourth-order valence-corrected chi connectivity index (χ4v) is 6.18. The molecule has 0 unspecified atom stereocenters. The zero-order valence-corrected chi connectivity index (χ0v) is 20.5. The van der Waals surface area contributed by atoms with Crippen LogP contribution in [0, 0.1) is 6.92 Å². The molecule has 3 aromatic rings. The molecule has 8 nitrogen and oxygen atoms in total. The zero-order valence-electron chi connectivity index (χ0n) is 18.9. The number of aromatic nitrogens is 1. The number of rotatable bonds is 7. The Kier molecular flexibility index (Phi) is 7.34. The van der Waals surface area contributed by atoms with E-state index >= 15 is 0 Å². The Labute approximate surface area is 209 Å². The van der Waals surface area contributed by atoms with Crippen LogP contribution in [0.2, 0.25) is 0 Å². The van der Waals surface area contributed by atoms with E-state index in [9.17, 15) is 26.4 Å². The number of aryl methyl sites for hydroxylation is 1. The molecular weight excluding hydrogens is 521 g/mol. The van der Waals surface area contributed by atoms with Crippen molar-refractivity contribution in [2.24, 2.45) is 0 Å². The van der Waals surface area contributed by atoms with Gasteiger partial charge in [-0.15, -0.1) is 11.8 Å². The molecule has 0 aliphatic carbocycles. The van der Waals surface area contributed by atoms with Gasteiger partial charge in [0, 0.05) is 29.2 Å². The summed E-state index contributed by atoms with van der Waals surface area (Å²) in [6.07, 6.45) is -6.21. The second kappa shape index (κ2) is 10.1. The SMILES string of the molecule is Cc1oc(-c2ccc(C(F)(F)F)cc2)nc1CSc1ccc(S(=O)(=O)N2CCC[C@H]2OC(=O)O)cc1. The smallest absolute Gasteiger partial charge is 0.450 e. The third kappa shape index (κ3) is 5.68. The van der Waals surface area contributed by atoms with E-state index in [1.54, 1.807) is 19.1 Å². The predicted octanol–water partition coefficient (Wildman–Crippen LogP) is 5.77. The Morgan fingerprint density at radius 1 is 1.19 bits per heavy atom. The number of halogens is 3. The van der Waals surface area contributed by atoms with Gasteiger partial charge in [-0.25, -0.2) is 18.2 Å². The highest BCUT2D eigenvalue weighted by molar-refractivity contribution is 7.98. The molecule has 1 saturated heterocycles. The summed E-state index contributed by atoms with van der Waals surface area (Å²) in [7, 11) is -3.93. The van der Waals surface area contributed by atoms with E-state index in [0.29, 0.717) is 35.6 Å². The van der Waals surface area contributed by atoms with Crippen LogP contribution in [0.25, 0.3) is 11.5 Å². The number of hydrogen-bond acceptors (Lipinski definition) is 7. The lowest BCUT2D eigenvalue weighted by molar-refractivity contribution is -0.137. The molecule has 1 aliphatic rings. The van der Waals surface area contributed by atoms with Crippen LogP contribution in [0.4, 0.5) is 18.0 Å². The van der Waals surface area contributed by atoms with Crippen molar-refractivity contribution in [2.45, 2.75) is 47.7 Å². The third-order valence-electron chi connectivity index (χ3n) is 5.55. The molecule has 1 fully saturated rings. The van der Waals surface area contributed by atoms with Gasteiger partial charge in [0.25, 0.3) is 0 Å². The fraction of sp³-hybridized carbons (Fsp3) is 0.304. The summed E-state index contributed by atoms with van der Waals surface area (Å²) in [6, 6.07) is 10.7. The molecule has 1 atom stereocenters. The van der Waals surface area contributed by atoms with Crippen LogP contribution in [0.15, 0.2) is 62.7 Å². The first-order valence-corrected chi connectivity index (χ1v) is 13.2. The number of oxazole rings is 1. The molecule has 2 aromatic carbocycles. The number of benzene rings is 2. The van der Waals surface area contributed by atoms with Crippen LogP contribution in [0.1, 0.15) is 29.9 Å². The minimum Gasteiger partial charge on any atom is -0.450 e. The van der Waals surface area contributed by atoms with E-state index in [0.717, 1.165) is 21.3 Å². The van der Waals surface area contributed by atoms with Crippen molar-refractivity contribution in [3.05, 3.63) is 65.5 Å². The minimum absolute atomic E-state index is 0.0231. The summed E-state index contributed by atoms with van der Waals surface area (Å²) < 4.78 is 75.6. The summed E-state index contributed by atoms with van der Waals surface area (Å²) >= 11 is 1.38. The highest BCUT2D eigenvalue weighted by Gasteiger charge is 2.37. The van der Waals surface area contributed by atoms with Gasteiger partial charge in [0.1, 0.15) is 5.76 Å². The number of thioether (sulfide) groups is 1. The number of ether oxygens (including phenoxy) is 1. The van der Waals surface area contributed by atoms with Crippen molar-refractivity contribution in [2.75, 3.05) is 6.54 Å². The van der Waals surface area contributed by atoms with E-state index in [2.05, 4.69) is 4.98 Å². The molecule has 1 aromatic heterocycles. The van der Waals surface area contributed by atoms with Gasteiger partial charge in [-0.1, -0.05) is 0 Å². The highest BCUT2D eigenvalue weighted by atomic mass is 32.2. The predicted molar refractivity (Wildman–Crippen MR) is 124 cm³/mol. The molecule has 1 N–H and O–H groups in total. The first kappa shape index (κ1) is 26.0. The van der Waals surface area contributed by atoms with Gasteiger partial charge in [-0.3, -0.25) is 0 Å². The molecule has 2 heterocycles. The van der Waals surface area contributed by atoms with E-state index in [-0.39, 0.29) is 17.3 Å². The Bertz CT molecular complexity index is 1340. The Morgan fingerprint density at radius 2 is 1.86 bits per heavy atom. The minimum atomic E-state index is -4.43. The lowest BCUT2D eigenvalue weighted by atomic mass is 10.1. The maximum absolute atomic E-state index is 12.9. The van der Waals surface area contributed by atoms with Gasteiger partial charge in [0.15, 0.2) is 6.23 Å². The monoisotopic (exact) mass is 542 g/mol. The molecule has 0 bridgehead atoms. The van der Waals surface area contributed by atoms with Crippen molar-refractivity contribution in [3.8, 4) is 11.5 Å². The molecule has 192 valence electrons. The summed E-state index contributed by atoms with van der Waals surface area (Å²) in [6.45, 7) is 1.88. The first-order chi connectivity index (χ1) is 16.9. The molecule has 0 spiro atoms. The Hall–Kier alpha value is -3.03. The molecule has 1 aliphatic heterocycles. The number of carbonyl (C=O) groups is 1. The lowest BCUT2D eigenvalue weighted by Crippen LogP contribution is -2.38. The van der Waals surface area contributed by atoms with Crippen LogP contribution < -0.4 is 0 Å². The largest absolute Gasteiger partial charge is 0.507 e. The standard InChI is InChI=1S/C23H21F3N2O6S2/c1-14-19(27-21(33-14)15-4-6-16(7-5-15)23(24,25)26)13-35-17-8-10-18(11-9-17)36(31,32)28-12-2-3-20(28)34-22(29)30/h4-11,20H,2-3,12-13H2,1H3,(H,29,30)/t20-/m1/s1. The zero-order chi connectivity index (χ0) is 26.1. The maximum Gasteiger partial charge on any atom is 0.507 e. The average Bonchev–Trinajstić information content (AvgIpc) is 3.44.